The number of carbonyl (C=O) groups is 1. The molecule has 5 atom stereocenters. The highest BCUT2D eigenvalue weighted by Gasteiger charge is 2.67. The number of hydrogen-bond acceptors (Lipinski definition) is 9. The number of amides is 2. The molecule has 0 aromatic heterocycles. The molecule has 12 heteroatoms. The summed E-state index contributed by atoms with van der Waals surface area (Å²) in [6.45, 7) is 5.56. The normalized spacial score (nSPS) is 32.5. The second-order valence-corrected chi connectivity index (χ2v) is 8.44. The van der Waals surface area contributed by atoms with Crippen LogP contribution in [0.1, 0.15) is 34.1 Å². The molecule has 1 saturated heterocycles. The lowest BCUT2D eigenvalue weighted by Crippen LogP contribution is -2.80. The lowest BCUT2D eigenvalue weighted by Gasteiger charge is -2.57. The highest BCUT2D eigenvalue weighted by molar-refractivity contribution is 6.18. The van der Waals surface area contributed by atoms with Crippen molar-refractivity contribution in [1.29, 1.82) is 0 Å². The lowest BCUT2D eigenvalue weighted by molar-refractivity contribution is -0.422. The molecular formula is C17H32ClN3O8. The Hall–Kier alpha value is -1.08. The van der Waals surface area contributed by atoms with Crippen LogP contribution in [-0.4, -0.2) is 96.9 Å². The van der Waals surface area contributed by atoms with E-state index in [4.69, 9.17) is 16.3 Å². The molecule has 29 heavy (non-hydrogen) atoms. The Morgan fingerprint density at radius 3 is 2.21 bits per heavy atom. The maximum absolute atomic E-state index is 13.0. The molecule has 0 bridgehead atoms. The molecule has 1 rings (SSSR count). The number of alkyl halides is 1. The summed E-state index contributed by atoms with van der Waals surface area (Å²) < 4.78 is 5.42. The van der Waals surface area contributed by atoms with E-state index in [0.717, 1.165) is 0 Å². The molecule has 1 aliphatic heterocycles. The van der Waals surface area contributed by atoms with Crippen LogP contribution >= 0.6 is 11.6 Å². The zero-order valence-electron chi connectivity index (χ0n) is 17.1. The van der Waals surface area contributed by atoms with Crippen molar-refractivity contribution in [2.75, 3.05) is 25.6 Å². The first-order chi connectivity index (χ1) is 13.4. The highest BCUT2D eigenvalue weighted by Crippen LogP contribution is 2.43. The van der Waals surface area contributed by atoms with Gasteiger partial charge in [0.05, 0.1) is 18.4 Å². The van der Waals surface area contributed by atoms with Gasteiger partial charge in [-0.25, -0.2) is 4.79 Å². The molecule has 0 aromatic rings. The van der Waals surface area contributed by atoms with Crippen LogP contribution in [-0.2, 0) is 4.74 Å². The number of nitrogens with zero attached hydrogens (tertiary/aromatic N) is 3. The zero-order valence-corrected chi connectivity index (χ0v) is 17.9. The van der Waals surface area contributed by atoms with Crippen LogP contribution < -0.4 is 0 Å². The molecule has 1 fully saturated rings. The number of halogens is 1. The molecular weight excluding hydrogens is 410 g/mol. The van der Waals surface area contributed by atoms with Crippen LogP contribution in [0.4, 0.5) is 4.79 Å². The van der Waals surface area contributed by atoms with Crippen LogP contribution in [0.3, 0.4) is 0 Å². The summed E-state index contributed by atoms with van der Waals surface area (Å²) in [6, 6.07) is -1.13. The Bertz CT molecular complexity index is 569. The zero-order chi connectivity index (χ0) is 22.6. The van der Waals surface area contributed by atoms with Gasteiger partial charge in [0.15, 0.2) is 0 Å². The first-order valence-corrected chi connectivity index (χ1v) is 10.0. The van der Waals surface area contributed by atoms with E-state index in [2.05, 4.69) is 5.29 Å². The number of rotatable bonds is 9. The summed E-state index contributed by atoms with van der Waals surface area (Å²) in [5.41, 5.74) is -2.85. The van der Waals surface area contributed by atoms with Gasteiger partial charge in [0, 0.05) is 18.8 Å². The third kappa shape index (κ3) is 5.16. The fourth-order valence-corrected chi connectivity index (χ4v) is 3.63. The summed E-state index contributed by atoms with van der Waals surface area (Å²) in [5.74, 6) is -3.26. The Balaban J connectivity index is 3.59. The maximum Gasteiger partial charge on any atom is 0.345 e. The number of aliphatic hydroxyl groups excluding tert-OH is 3. The van der Waals surface area contributed by atoms with E-state index in [1.54, 1.807) is 27.7 Å². The third-order valence-corrected chi connectivity index (χ3v) is 4.88. The number of nitroso groups, excluding NO2 is 1. The minimum absolute atomic E-state index is 0.129. The molecule has 1 aliphatic rings. The highest BCUT2D eigenvalue weighted by atomic mass is 35.5. The van der Waals surface area contributed by atoms with Crippen molar-refractivity contribution >= 4 is 17.6 Å². The van der Waals surface area contributed by atoms with Gasteiger partial charge in [-0.2, -0.15) is 5.01 Å². The van der Waals surface area contributed by atoms with Crippen molar-refractivity contribution in [2.24, 2.45) is 17.1 Å². The fourth-order valence-electron chi connectivity index (χ4n) is 3.47. The van der Waals surface area contributed by atoms with Gasteiger partial charge >= 0.3 is 6.03 Å². The first-order valence-electron chi connectivity index (χ1n) is 9.47. The molecule has 2 amide bonds. The third-order valence-electron chi connectivity index (χ3n) is 4.71. The second kappa shape index (κ2) is 10.3. The predicted octanol–water partition coefficient (Wildman–Crippen LogP) is -0.177. The molecule has 170 valence electrons. The standard InChI is InChI=1S/C17H32ClN3O8/c1-10(2)7-16(26)17(27,14(24)13(23)12(9-22)29-16)20(8-11(3)4)15(25)21(19-28)6-5-18/h10-14,22-24,26-27H,5-9H2,1-4H3/t12-,13-,14+,16-,17-/m1/s1. The lowest BCUT2D eigenvalue weighted by atomic mass is 9.80. The van der Waals surface area contributed by atoms with Gasteiger partial charge in [0.2, 0.25) is 11.5 Å². The van der Waals surface area contributed by atoms with Crippen molar-refractivity contribution in [1.82, 2.24) is 9.91 Å². The van der Waals surface area contributed by atoms with Crippen LogP contribution in [0.5, 0.6) is 0 Å². The minimum Gasteiger partial charge on any atom is -0.394 e. The molecule has 0 aliphatic carbocycles. The van der Waals surface area contributed by atoms with Crippen LogP contribution in [0.2, 0.25) is 0 Å². The summed E-state index contributed by atoms with van der Waals surface area (Å²) in [5, 5.41) is 56.4. The van der Waals surface area contributed by atoms with E-state index in [9.17, 15) is 35.2 Å². The van der Waals surface area contributed by atoms with E-state index in [1.807, 2.05) is 0 Å². The summed E-state index contributed by atoms with van der Waals surface area (Å²) in [6.07, 6.45) is -5.61. The van der Waals surface area contributed by atoms with Crippen molar-refractivity contribution in [3.05, 3.63) is 4.91 Å². The molecule has 1 heterocycles. The summed E-state index contributed by atoms with van der Waals surface area (Å²) in [7, 11) is 0. The van der Waals surface area contributed by atoms with Crippen molar-refractivity contribution in [3.8, 4) is 0 Å². The van der Waals surface area contributed by atoms with Crippen molar-refractivity contribution in [3.63, 3.8) is 0 Å². The van der Waals surface area contributed by atoms with Crippen LogP contribution in [0.25, 0.3) is 0 Å². The van der Waals surface area contributed by atoms with E-state index < -0.39 is 42.5 Å². The van der Waals surface area contributed by atoms with Crippen LogP contribution in [0, 0.1) is 16.7 Å². The molecule has 5 N–H and O–H groups in total. The summed E-state index contributed by atoms with van der Waals surface area (Å²) in [4.78, 5) is 24.8. The molecule has 0 radical (unpaired) electrons. The Labute approximate surface area is 174 Å². The number of carbonyl (C=O) groups excluding carboxylic acids is 1. The number of hydrogen-bond donors (Lipinski definition) is 5. The molecule has 0 unspecified atom stereocenters. The quantitative estimate of drug-likeness (QED) is 0.142. The van der Waals surface area contributed by atoms with Gasteiger partial charge in [-0.3, -0.25) is 4.90 Å². The van der Waals surface area contributed by atoms with Crippen molar-refractivity contribution in [2.45, 2.75) is 63.9 Å². The number of aliphatic hydroxyl groups is 5. The van der Waals surface area contributed by atoms with Gasteiger partial charge in [0.1, 0.15) is 18.3 Å². The Morgan fingerprint density at radius 2 is 1.79 bits per heavy atom. The van der Waals surface area contributed by atoms with Gasteiger partial charge in [-0.05, 0) is 11.8 Å². The fraction of sp³-hybridized carbons (Fsp3) is 0.941. The molecule has 0 saturated carbocycles. The topological polar surface area (TPSA) is 163 Å². The SMILES string of the molecule is CC(C)CN(C(=O)N(CCCl)N=O)[C@@]1(O)[C@@H](O)[C@H](O)[C@@H](CO)O[C@]1(O)CC(C)C. The van der Waals surface area contributed by atoms with E-state index >= 15 is 0 Å². The molecule has 0 aromatic carbocycles. The van der Waals surface area contributed by atoms with Gasteiger partial charge < -0.3 is 30.3 Å². The smallest absolute Gasteiger partial charge is 0.345 e. The Kier molecular flexibility index (Phi) is 9.21. The summed E-state index contributed by atoms with van der Waals surface area (Å²) >= 11 is 5.60. The van der Waals surface area contributed by atoms with E-state index in [1.165, 1.54) is 0 Å². The monoisotopic (exact) mass is 441 g/mol. The van der Waals surface area contributed by atoms with E-state index in [0.29, 0.717) is 9.91 Å². The van der Waals surface area contributed by atoms with Gasteiger partial charge in [0.25, 0.3) is 0 Å². The molecule has 0 spiro atoms. The first kappa shape index (κ1) is 26.0. The average molecular weight is 442 g/mol. The Morgan fingerprint density at radius 1 is 1.21 bits per heavy atom. The molecule has 11 nitrogen and oxygen atoms in total. The maximum atomic E-state index is 13.0. The average Bonchev–Trinajstić information content (AvgIpc) is 2.64. The van der Waals surface area contributed by atoms with E-state index in [-0.39, 0.29) is 37.2 Å². The minimum atomic E-state index is -2.85. The van der Waals surface area contributed by atoms with Gasteiger partial charge in [-0.1, -0.05) is 27.7 Å². The van der Waals surface area contributed by atoms with Crippen molar-refractivity contribution < 1.29 is 35.1 Å². The largest absolute Gasteiger partial charge is 0.394 e. The number of ether oxygens (including phenoxy) is 1. The predicted molar refractivity (Wildman–Crippen MR) is 103 cm³/mol. The van der Waals surface area contributed by atoms with Crippen LogP contribution in [0.15, 0.2) is 5.29 Å². The second-order valence-electron chi connectivity index (χ2n) is 8.06. The van der Waals surface area contributed by atoms with Gasteiger partial charge in [-0.15, -0.1) is 16.5 Å². The number of urea groups is 1.